The van der Waals surface area contributed by atoms with Gasteiger partial charge in [-0.25, -0.2) is 8.42 Å². The zero-order chi connectivity index (χ0) is 21.3. The van der Waals surface area contributed by atoms with Gasteiger partial charge in [0.25, 0.3) is 0 Å². The minimum absolute atomic E-state index is 0.0235. The van der Waals surface area contributed by atoms with Crippen molar-refractivity contribution in [2.24, 2.45) is 13.0 Å². The van der Waals surface area contributed by atoms with E-state index in [1.165, 1.54) is 4.31 Å². The van der Waals surface area contributed by atoms with Gasteiger partial charge < -0.3 is 5.32 Å². The van der Waals surface area contributed by atoms with Gasteiger partial charge in [-0.2, -0.15) is 9.40 Å². The average molecular weight is 419 g/mol. The minimum Gasteiger partial charge on any atom is -0.352 e. The summed E-state index contributed by atoms with van der Waals surface area (Å²) in [5, 5.41) is 7.03. The summed E-state index contributed by atoms with van der Waals surface area (Å²) in [4.78, 5) is 12.9. The zero-order valence-electron chi connectivity index (χ0n) is 17.8. The highest BCUT2D eigenvalue weighted by Gasteiger charge is 2.34. The number of aryl methyl sites for hydroxylation is 3. The van der Waals surface area contributed by atoms with Crippen molar-refractivity contribution in [1.82, 2.24) is 19.4 Å². The number of hydrogen-bond acceptors (Lipinski definition) is 4. The lowest BCUT2D eigenvalue weighted by molar-refractivity contribution is -0.126. The molecule has 0 radical (unpaired) electrons. The lowest BCUT2D eigenvalue weighted by atomic mass is 9.97. The summed E-state index contributed by atoms with van der Waals surface area (Å²) in [7, 11) is -1.75. The standard InChI is InChI=1S/C21H30N4O3S/c1-14-10-15(2)17(4)20(16(14)3)29(27,28)25-8-6-19(7-9-25)21(26)22-11-18-12-23-24(5)13-18/h10,12-13,19H,6-9,11H2,1-5H3,(H,22,26). The molecule has 0 spiro atoms. The summed E-state index contributed by atoms with van der Waals surface area (Å²) in [6, 6.07) is 2.03. The first kappa shape index (κ1) is 21.5. The molecule has 0 atom stereocenters. The maximum absolute atomic E-state index is 13.3. The molecule has 1 amide bonds. The number of aromatic nitrogens is 2. The molecule has 3 rings (SSSR count). The highest BCUT2D eigenvalue weighted by Crippen LogP contribution is 2.31. The van der Waals surface area contributed by atoms with E-state index in [2.05, 4.69) is 10.4 Å². The number of rotatable bonds is 5. The van der Waals surface area contributed by atoms with Crippen LogP contribution in [0.3, 0.4) is 0 Å². The number of sulfonamides is 1. The molecule has 1 aromatic heterocycles. The van der Waals surface area contributed by atoms with Crippen molar-refractivity contribution in [2.45, 2.75) is 52.0 Å². The number of carbonyl (C=O) groups excluding carboxylic acids is 1. The average Bonchev–Trinajstić information content (AvgIpc) is 3.10. The van der Waals surface area contributed by atoms with Crippen LogP contribution >= 0.6 is 0 Å². The second kappa shape index (κ2) is 8.28. The van der Waals surface area contributed by atoms with Gasteiger partial charge in [0.1, 0.15) is 0 Å². The third kappa shape index (κ3) is 4.38. The van der Waals surface area contributed by atoms with Crippen molar-refractivity contribution in [3.8, 4) is 0 Å². The fourth-order valence-corrected chi connectivity index (χ4v) is 6.00. The maximum Gasteiger partial charge on any atom is 0.243 e. The lowest BCUT2D eigenvalue weighted by Gasteiger charge is -2.31. The van der Waals surface area contributed by atoms with Gasteiger partial charge in [-0.1, -0.05) is 6.07 Å². The van der Waals surface area contributed by atoms with Crippen LogP contribution in [0.2, 0.25) is 0 Å². The first-order valence-corrected chi connectivity index (χ1v) is 11.4. The third-order valence-corrected chi connectivity index (χ3v) is 8.12. The van der Waals surface area contributed by atoms with Gasteiger partial charge in [-0.3, -0.25) is 9.48 Å². The van der Waals surface area contributed by atoms with E-state index in [1.807, 2.05) is 47.0 Å². The Labute approximate surface area is 173 Å². The molecule has 1 aliphatic heterocycles. The molecule has 0 saturated carbocycles. The molecule has 1 N–H and O–H groups in total. The van der Waals surface area contributed by atoms with Crippen molar-refractivity contribution in [3.05, 3.63) is 46.3 Å². The van der Waals surface area contributed by atoms with Gasteiger partial charge in [0.2, 0.25) is 15.9 Å². The molecule has 1 saturated heterocycles. The SMILES string of the molecule is Cc1cc(C)c(C)c(S(=O)(=O)N2CCC(C(=O)NCc3cnn(C)c3)CC2)c1C. The van der Waals surface area contributed by atoms with E-state index in [-0.39, 0.29) is 11.8 Å². The lowest BCUT2D eigenvalue weighted by Crippen LogP contribution is -2.43. The van der Waals surface area contributed by atoms with Gasteiger partial charge >= 0.3 is 0 Å². The van der Waals surface area contributed by atoms with Gasteiger partial charge in [0, 0.05) is 44.4 Å². The Hall–Kier alpha value is -2.19. The van der Waals surface area contributed by atoms with Gasteiger partial charge in [0.05, 0.1) is 11.1 Å². The first-order chi connectivity index (χ1) is 13.6. The normalized spacial score (nSPS) is 16.2. The van der Waals surface area contributed by atoms with Crippen molar-refractivity contribution in [1.29, 1.82) is 0 Å². The third-order valence-electron chi connectivity index (χ3n) is 5.94. The van der Waals surface area contributed by atoms with E-state index >= 15 is 0 Å². The van der Waals surface area contributed by atoms with Crippen LogP contribution < -0.4 is 5.32 Å². The van der Waals surface area contributed by atoms with Crippen molar-refractivity contribution < 1.29 is 13.2 Å². The van der Waals surface area contributed by atoms with Crippen LogP contribution in [0.25, 0.3) is 0 Å². The minimum atomic E-state index is -3.58. The van der Waals surface area contributed by atoms with E-state index in [9.17, 15) is 13.2 Å². The predicted octanol–water partition coefficient (Wildman–Crippen LogP) is 2.37. The molecular formula is C21H30N4O3S. The van der Waals surface area contributed by atoms with Crippen LogP contribution in [0, 0.1) is 33.6 Å². The number of carbonyl (C=O) groups is 1. The number of hydrogen-bond donors (Lipinski definition) is 1. The number of piperidine rings is 1. The Bertz CT molecular complexity index is 993. The van der Waals surface area contributed by atoms with E-state index in [1.54, 1.807) is 10.9 Å². The van der Waals surface area contributed by atoms with Crippen LogP contribution in [-0.4, -0.2) is 41.5 Å². The number of nitrogens with one attached hydrogen (secondary N) is 1. The summed E-state index contributed by atoms with van der Waals surface area (Å²) >= 11 is 0. The first-order valence-electron chi connectivity index (χ1n) is 9.94. The molecule has 2 aromatic rings. The second-order valence-corrected chi connectivity index (χ2v) is 9.88. The molecule has 1 aliphatic rings. The van der Waals surface area contributed by atoms with E-state index < -0.39 is 10.0 Å². The van der Waals surface area contributed by atoms with E-state index in [4.69, 9.17) is 0 Å². The Kier molecular flexibility index (Phi) is 6.14. The molecule has 1 aromatic carbocycles. The molecule has 8 heteroatoms. The summed E-state index contributed by atoms with van der Waals surface area (Å²) < 4.78 is 29.9. The Balaban J connectivity index is 1.66. The topological polar surface area (TPSA) is 84.3 Å². The van der Waals surface area contributed by atoms with Crippen molar-refractivity contribution >= 4 is 15.9 Å². The number of nitrogens with zero attached hydrogens (tertiary/aromatic N) is 3. The monoisotopic (exact) mass is 418 g/mol. The fraction of sp³-hybridized carbons (Fsp3) is 0.524. The quantitative estimate of drug-likeness (QED) is 0.808. The van der Waals surface area contributed by atoms with Crippen LogP contribution in [-0.2, 0) is 28.4 Å². The molecule has 0 unspecified atom stereocenters. The molecule has 0 bridgehead atoms. The van der Waals surface area contributed by atoms with Gasteiger partial charge in [-0.05, 0) is 62.8 Å². The van der Waals surface area contributed by atoms with Crippen LogP contribution in [0.15, 0.2) is 23.4 Å². The summed E-state index contributed by atoms with van der Waals surface area (Å²) in [6.45, 7) is 8.78. The molecule has 158 valence electrons. The maximum atomic E-state index is 13.3. The molecule has 7 nitrogen and oxygen atoms in total. The Morgan fingerprint density at radius 1 is 1.14 bits per heavy atom. The van der Waals surface area contributed by atoms with Crippen LogP contribution in [0.5, 0.6) is 0 Å². The highest BCUT2D eigenvalue weighted by molar-refractivity contribution is 7.89. The summed E-state index contributed by atoms with van der Waals surface area (Å²) in [5.74, 6) is -0.191. The fourth-order valence-electron chi connectivity index (χ4n) is 3.95. The molecule has 29 heavy (non-hydrogen) atoms. The molecule has 1 fully saturated rings. The van der Waals surface area contributed by atoms with Crippen LogP contribution in [0.1, 0.15) is 40.7 Å². The van der Waals surface area contributed by atoms with Crippen molar-refractivity contribution in [2.75, 3.05) is 13.1 Å². The van der Waals surface area contributed by atoms with Gasteiger partial charge in [-0.15, -0.1) is 0 Å². The summed E-state index contributed by atoms with van der Waals surface area (Å²) in [5.41, 5.74) is 4.53. The Morgan fingerprint density at radius 3 is 2.24 bits per heavy atom. The largest absolute Gasteiger partial charge is 0.352 e. The predicted molar refractivity (Wildman–Crippen MR) is 112 cm³/mol. The Morgan fingerprint density at radius 2 is 1.72 bits per heavy atom. The molecular weight excluding hydrogens is 388 g/mol. The van der Waals surface area contributed by atoms with Crippen LogP contribution in [0.4, 0.5) is 0 Å². The van der Waals surface area contributed by atoms with Gasteiger partial charge in [0.15, 0.2) is 0 Å². The van der Waals surface area contributed by atoms with Crippen molar-refractivity contribution in [3.63, 3.8) is 0 Å². The summed E-state index contributed by atoms with van der Waals surface area (Å²) in [6.07, 6.45) is 4.65. The number of amides is 1. The molecule has 2 heterocycles. The smallest absolute Gasteiger partial charge is 0.243 e. The van der Waals surface area contributed by atoms with E-state index in [0.29, 0.717) is 37.4 Å². The second-order valence-electron chi connectivity index (χ2n) is 8.01. The van der Waals surface area contributed by atoms with E-state index in [0.717, 1.165) is 27.8 Å². The number of benzene rings is 1. The molecule has 0 aliphatic carbocycles. The zero-order valence-corrected chi connectivity index (χ0v) is 18.6. The highest BCUT2D eigenvalue weighted by atomic mass is 32.2.